The van der Waals surface area contributed by atoms with Gasteiger partial charge < -0.3 is 30.3 Å². The molecule has 1 aliphatic heterocycles. The molecule has 6 heteroatoms. The topological polar surface area (TPSA) is 110 Å². The normalized spacial score (nSPS) is 13.7. The Bertz CT molecular complexity index is 763. The van der Waals surface area contributed by atoms with Crippen LogP contribution in [-0.2, 0) is 6.42 Å². The first kappa shape index (κ1) is 13.0. The second-order valence-corrected chi connectivity index (χ2v) is 4.70. The van der Waals surface area contributed by atoms with Gasteiger partial charge >= 0.3 is 0 Å². The highest BCUT2D eigenvalue weighted by Gasteiger charge is 2.24. The monoisotopic (exact) mass is 288 g/mol. The summed E-state index contributed by atoms with van der Waals surface area (Å²) in [5.74, 6) is -0.805. The van der Waals surface area contributed by atoms with Gasteiger partial charge in [0, 0.05) is 29.7 Å². The van der Waals surface area contributed by atoms with Gasteiger partial charge in [-0.15, -0.1) is 0 Å². The summed E-state index contributed by atoms with van der Waals surface area (Å²) in [7, 11) is 0. The average Bonchev–Trinajstić information content (AvgIpc) is 2.42. The van der Waals surface area contributed by atoms with E-state index in [0.29, 0.717) is 11.1 Å². The van der Waals surface area contributed by atoms with E-state index in [0.717, 1.165) is 6.07 Å². The van der Waals surface area contributed by atoms with E-state index >= 15 is 0 Å². The summed E-state index contributed by atoms with van der Waals surface area (Å²) in [5.41, 5.74) is 0.716. The van der Waals surface area contributed by atoms with Gasteiger partial charge in [-0.25, -0.2) is 0 Å². The summed E-state index contributed by atoms with van der Waals surface area (Å²) in [6.07, 6.45) is 0.0262. The Morgan fingerprint density at radius 3 is 2.29 bits per heavy atom. The minimum Gasteiger partial charge on any atom is -0.508 e. The lowest BCUT2D eigenvalue weighted by molar-refractivity contribution is 0.349. The van der Waals surface area contributed by atoms with Crippen LogP contribution < -0.4 is 4.74 Å². The number of rotatable bonds is 1. The van der Waals surface area contributed by atoms with Crippen molar-refractivity contribution in [3.63, 3.8) is 0 Å². The Hall–Kier alpha value is -3.02. The number of aliphatic hydroxyl groups excluding tert-OH is 1. The van der Waals surface area contributed by atoms with Crippen molar-refractivity contribution in [2.45, 2.75) is 6.42 Å². The van der Waals surface area contributed by atoms with Gasteiger partial charge in [-0.1, -0.05) is 0 Å². The van der Waals surface area contributed by atoms with E-state index in [4.69, 9.17) is 4.74 Å². The van der Waals surface area contributed by atoms with Crippen molar-refractivity contribution in [3.05, 3.63) is 47.2 Å². The minimum absolute atomic E-state index is 0.0262. The molecule has 0 saturated heterocycles. The van der Waals surface area contributed by atoms with E-state index in [2.05, 4.69) is 0 Å². The lowest BCUT2D eigenvalue weighted by Gasteiger charge is -2.21. The quantitative estimate of drug-likeness (QED) is 0.515. The third-order valence-electron chi connectivity index (χ3n) is 3.23. The molecule has 0 radical (unpaired) electrons. The number of ether oxygens (including phenoxy) is 1. The number of benzene rings is 2. The van der Waals surface area contributed by atoms with Crippen LogP contribution in [-0.4, -0.2) is 25.5 Å². The molecule has 0 atom stereocenters. The maximum Gasteiger partial charge on any atom is 0.172 e. The van der Waals surface area contributed by atoms with Crippen molar-refractivity contribution >= 4 is 5.76 Å². The number of phenolic OH excluding ortho intramolecular Hbond substituents is 4. The van der Waals surface area contributed by atoms with E-state index in [1.165, 1.54) is 24.3 Å². The van der Waals surface area contributed by atoms with Gasteiger partial charge in [-0.3, -0.25) is 0 Å². The number of aromatic hydroxyl groups is 4. The van der Waals surface area contributed by atoms with Crippen LogP contribution in [0.4, 0.5) is 0 Å². The molecule has 108 valence electrons. The third-order valence-corrected chi connectivity index (χ3v) is 3.23. The van der Waals surface area contributed by atoms with Gasteiger partial charge in [0.25, 0.3) is 0 Å². The zero-order valence-corrected chi connectivity index (χ0v) is 10.7. The summed E-state index contributed by atoms with van der Waals surface area (Å²) in [6, 6.07) is 6.46. The zero-order valence-electron chi connectivity index (χ0n) is 10.7. The van der Waals surface area contributed by atoms with Crippen LogP contribution in [0.1, 0.15) is 11.1 Å². The van der Waals surface area contributed by atoms with Gasteiger partial charge in [-0.05, 0) is 18.2 Å². The Balaban J connectivity index is 2.07. The number of phenols is 4. The van der Waals surface area contributed by atoms with Crippen molar-refractivity contribution in [2.24, 2.45) is 0 Å². The fraction of sp³-hybridized carbons (Fsp3) is 0.0667. The summed E-state index contributed by atoms with van der Waals surface area (Å²) in [5, 5.41) is 48.1. The molecular formula is C15H12O6. The first-order valence-corrected chi connectivity index (χ1v) is 6.13. The first-order chi connectivity index (χ1) is 9.95. The molecule has 0 aromatic heterocycles. The van der Waals surface area contributed by atoms with Crippen molar-refractivity contribution in [3.8, 4) is 28.7 Å². The van der Waals surface area contributed by atoms with Crippen molar-refractivity contribution in [2.75, 3.05) is 0 Å². The fourth-order valence-corrected chi connectivity index (χ4v) is 2.19. The molecule has 21 heavy (non-hydrogen) atoms. The lowest BCUT2D eigenvalue weighted by Crippen LogP contribution is -2.09. The predicted octanol–water partition coefficient (Wildman–Crippen LogP) is 2.37. The SMILES string of the molecule is OC1=C(c2ccc(O)c(O)c2)Oc2cc(O)cc(O)c2C1. The highest BCUT2D eigenvalue weighted by atomic mass is 16.5. The zero-order chi connectivity index (χ0) is 15.1. The predicted molar refractivity (Wildman–Crippen MR) is 73.4 cm³/mol. The molecular weight excluding hydrogens is 276 g/mol. The fourth-order valence-electron chi connectivity index (χ4n) is 2.19. The van der Waals surface area contributed by atoms with Gasteiger partial charge in [0.15, 0.2) is 17.3 Å². The molecule has 1 aliphatic rings. The maximum absolute atomic E-state index is 10.1. The molecule has 1 heterocycles. The molecule has 0 saturated carbocycles. The van der Waals surface area contributed by atoms with E-state index < -0.39 is 0 Å². The summed E-state index contributed by atoms with van der Waals surface area (Å²) in [4.78, 5) is 0. The van der Waals surface area contributed by atoms with E-state index in [-0.39, 0.29) is 46.7 Å². The van der Waals surface area contributed by atoms with Crippen molar-refractivity contribution in [1.82, 2.24) is 0 Å². The highest BCUT2D eigenvalue weighted by Crippen LogP contribution is 2.41. The van der Waals surface area contributed by atoms with Gasteiger partial charge in [0.2, 0.25) is 0 Å². The molecule has 0 amide bonds. The van der Waals surface area contributed by atoms with Crippen molar-refractivity contribution < 1.29 is 30.3 Å². The molecule has 2 aromatic rings. The number of hydrogen-bond acceptors (Lipinski definition) is 6. The minimum atomic E-state index is -0.346. The number of allylic oxidation sites excluding steroid dienone is 1. The molecule has 6 nitrogen and oxygen atoms in total. The standard InChI is InChI=1S/C15H12O6/c16-8-4-11(18)9-6-13(20)15(21-14(9)5-8)7-1-2-10(17)12(19)3-7/h1-5,16-20H,6H2. The molecule has 0 spiro atoms. The summed E-state index contributed by atoms with van der Waals surface area (Å²) < 4.78 is 5.50. The largest absolute Gasteiger partial charge is 0.508 e. The number of aliphatic hydroxyl groups is 1. The van der Waals surface area contributed by atoms with Gasteiger partial charge in [0.1, 0.15) is 23.0 Å². The Morgan fingerprint density at radius 2 is 1.57 bits per heavy atom. The first-order valence-electron chi connectivity index (χ1n) is 6.13. The molecule has 2 aromatic carbocycles. The molecule has 5 N–H and O–H groups in total. The van der Waals surface area contributed by atoms with E-state index in [9.17, 15) is 25.5 Å². The molecule has 3 rings (SSSR count). The summed E-state index contributed by atoms with van der Waals surface area (Å²) >= 11 is 0. The molecule has 0 unspecified atom stereocenters. The maximum atomic E-state index is 10.1. The molecule has 0 aliphatic carbocycles. The Kier molecular flexibility index (Phi) is 2.79. The van der Waals surface area contributed by atoms with Gasteiger partial charge in [-0.2, -0.15) is 0 Å². The van der Waals surface area contributed by atoms with Crippen LogP contribution in [0.25, 0.3) is 5.76 Å². The number of fused-ring (bicyclic) bond motifs is 1. The smallest absolute Gasteiger partial charge is 0.172 e. The second kappa shape index (κ2) is 4.52. The average molecular weight is 288 g/mol. The Labute approximate surface area is 119 Å². The summed E-state index contributed by atoms with van der Waals surface area (Å²) in [6.45, 7) is 0. The molecule has 0 bridgehead atoms. The highest BCUT2D eigenvalue weighted by molar-refractivity contribution is 5.70. The van der Waals surface area contributed by atoms with Crippen LogP contribution >= 0.6 is 0 Å². The van der Waals surface area contributed by atoms with Gasteiger partial charge in [0.05, 0.1) is 0 Å². The lowest BCUT2D eigenvalue weighted by atomic mass is 10.0. The molecule has 0 fully saturated rings. The number of hydrogen-bond donors (Lipinski definition) is 5. The van der Waals surface area contributed by atoms with Crippen LogP contribution in [0.2, 0.25) is 0 Å². The van der Waals surface area contributed by atoms with E-state index in [1.54, 1.807) is 0 Å². The Morgan fingerprint density at radius 1 is 0.810 bits per heavy atom. The third kappa shape index (κ3) is 2.16. The van der Waals surface area contributed by atoms with Crippen LogP contribution in [0.3, 0.4) is 0 Å². The van der Waals surface area contributed by atoms with E-state index in [1.807, 2.05) is 0 Å². The van der Waals surface area contributed by atoms with Crippen LogP contribution in [0.5, 0.6) is 28.7 Å². The van der Waals surface area contributed by atoms with Crippen LogP contribution in [0.15, 0.2) is 36.1 Å². The van der Waals surface area contributed by atoms with Crippen LogP contribution in [0, 0.1) is 0 Å². The second-order valence-electron chi connectivity index (χ2n) is 4.70. The van der Waals surface area contributed by atoms with Crippen molar-refractivity contribution in [1.29, 1.82) is 0 Å².